The van der Waals surface area contributed by atoms with Crippen LogP contribution in [-0.2, 0) is 12.8 Å². The Kier molecular flexibility index (Phi) is 4.84. The molecule has 0 aliphatic heterocycles. The third-order valence-corrected chi connectivity index (χ3v) is 3.71. The van der Waals surface area contributed by atoms with Crippen molar-refractivity contribution in [2.24, 2.45) is 0 Å². The van der Waals surface area contributed by atoms with Crippen molar-refractivity contribution >= 4 is 11.8 Å². The highest BCUT2D eigenvalue weighted by molar-refractivity contribution is 7.99. The summed E-state index contributed by atoms with van der Waals surface area (Å²) in [7, 11) is 0. The van der Waals surface area contributed by atoms with E-state index in [1.807, 2.05) is 6.92 Å². The number of rotatable bonds is 4. The minimum absolute atomic E-state index is 0.244. The van der Waals surface area contributed by atoms with Gasteiger partial charge in [-0.25, -0.2) is 9.97 Å². The predicted octanol–water partition coefficient (Wildman–Crippen LogP) is 3.77. The van der Waals surface area contributed by atoms with Gasteiger partial charge in [0.1, 0.15) is 6.33 Å². The van der Waals surface area contributed by atoms with Crippen molar-refractivity contribution in [3.8, 4) is 11.3 Å². The van der Waals surface area contributed by atoms with E-state index in [0.717, 1.165) is 12.1 Å². The summed E-state index contributed by atoms with van der Waals surface area (Å²) in [6.07, 6.45) is -3.08. The Bertz CT molecular complexity index is 632. The largest absolute Gasteiger partial charge is 0.416 e. The van der Waals surface area contributed by atoms with Crippen molar-refractivity contribution in [3.63, 3.8) is 0 Å². The topological polar surface area (TPSA) is 46.0 Å². The number of aliphatic hydroxyl groups excluding tert-OH is 1. The molecule has 1 aromatic carbocycles. The van der Waals surface area contributed by atoms with Gasteiger partial charge in [0, 0.05) is 10.5 Å². The maximum absolute atomic E-state index is 12.8. The van der Waals surface area contributed by atoms with E-state index < -0.39 is 11.7 Å². The number of hydrogen-bond donors (Lipinski definition) is 1. The molecule has 3 nitrogen and oxygen atoms in total. The fourth-order valence-corrected chi connectivity index (χ4v) is 2.67. The molecule has 0 fully saturated rings. The highest BCUT2D eigenvalue weighted by atomic mass is 32.2. The van der Waals surface area contributed by atoms with E-state index in [0.29, 0.717) is 27.6 Å². The first-order valence-electron chi connectivity index (χ1n) is 6.22. The molecule has 2 rings (SSSR count). The Morgan fingerprint density at radius 3 is 2.57 bits per heavy atom. The lowest BCUT2D eigenvalue weighted by atomic mass is 10.1. The molecule has 21 heavy (non-hydrogen) atoms. The van der Waals surface area contributed by atoms with Gasteiger partial charge in [-0.2, -0.15) is 13.2 Å². The average Bonchev–Trinajstić information content (AvgIpc) is 2.46. The maximum Gasteiger partial charge on any atom is 0.416 e. The van der Waals surface area contributed by atoms with Gasteiger partial charge in [-0.05, 0) is 24.0 Å². The molecule has 7 heteroatoms. The fraction of sp³-hybridized carbons (Fsp3) is 0.286. The summed E-state index contributed by atoms with van der Waals surface area (Å²) in [5.74, 6) is 0.645. The molecule has 0 bridgehead atoms. The lowest BCUT2D eigenvalue weighted by molar-refractivity contribution is -0.137. The first-order valence-corrected chi connectivity index (χ1v) is 7.20. The van der Waals surface area contributed by atoms with Gasteiger partial charge in [-0.15, -0.1) is 11.8 Å². The van der Waals surface area contributed by atoms with E-state index in [1.54, 1.807) is 6.07 Å². The monoisotopic (exact) mass is 314 g/mol. The number of hydrogen-bond acceptors (Lipinski definition) is 4. The van der Waals surface area contributed by atoms with Gasteiger partial charge in [-0.3, -0.25) is 0 Å². The van der Waals surface area contributed by atoms with Crippen molar-refractivity contribution in [3.05, 3.63) is 41.9 Å². The Labute approximate surface area is 124 Å². The van der Waals surface area contributed by atoms with Crippen LogP contribution in [0, 0.1) is 0 Å². The number of aromatic nitrogens is 2. The zero-order chi connectivity index (χ0) is 15.5. The number of aliphatic hydroxyl groups is 1. The van der Waals surface area contributed by atoms with E-state index in [9.17, 15) is 13.2 Å². The summed E-state index contributed by atoms with van der Waals surface area (Å²) in [6, 6.07) is 5.15. The third-order valence-electron chi connectivity index (χ3n) is 2.77. The SMILES string of the molecule is CCSc1cc(C(F)(F)F)ccc1-c1cc(CO)ncn1. The summed E-state index contributed by atoms with van der Waals surface area (Å²) in [5.41, 5.74) is 0.844. The van der Waals surface area contributed by atoms with Crippen LogP contribution in [0.4, 0.5) is 13.2 Å². The summed E-state index contributed by atoms with van der Waals surface area (Å²) >= 11 is 1.32. The van der Waals surface area contributed by atoms with Crippen molar-refractivity contribution in [1.29, 1.82) is 0 Å². The predicted molar refractivity (Wildman–Crippen MR) is 74.8 cm³/mol. The molecule has 0 atom stereocenters. The second-order valence-corrected chi connectivity index (χ2v) is 5.50. The minimum Gasteiger partial charge on any atom is -0.390 e. The van der Waals surface area contributed by atoms with Gasteiger partial charge in [0.15, 0.2) is 0 Å². The average molecular weight is 314 g/mol. The van der Waals surface area contributed by atoms with Crippen LogP contribution >= 0.6 is 11.8 Å². The van der Waals surface area contributed by atoms with Crippen LogP contribution in [0.25, 0.3) is 11.3 Å². The fourth-order valence-electron chi connectivity index (χ4n) is 1.82. The first kappa shape index (κ1) is 15.8. The molecule has 1 N–H and O–H groups in total. The van der Waals surface area contributed by atoms with Crippen LogP contribution in [0.2, 0.25) is 0 Å². The lowest BCUT2D eigenvalue weighted by Crippen LogP contribution is -2.05. The second kappa shape index (κ2) is 6.44. The zero-order valence-electron chi connectivity index (χ0n) is 11.2. The summed E-state index contributed by atoms with van der Waals surface area (Å²) in [6.45, 7) is 1.63. The van der Waals surface area contributed by atoms with Crippen LogP contribution in [0.1, 0.15) is 18.2 Å². The van der Waals surface area contributed by atoms with E-state index >= 15 is 0 Å². The quantitative estimate of drug-likeness (QED) is 0.873. The highest BCUT2D eigenvalue weighted by Gasteiger charge is 2.31. The van der Waals surface area contributed by atoms with Crippen molar-refractivity contribution < 1.29 is 18.3 Å². The highest BCUT2D eigenvalue weighted by Crippen LogP contribution is 2.37. The molecule has 1 aromatic heterocycles. The molecule has 1 heterocycles. The Hall–Kier alpha value is -1.60. The Balaban J connectivity index is 2.51. The van der Waals surface area contributed by atoms with Crippen LogP contribution in [-0.4, -0.2) is 20.8 Å². The van der Waals surface area contributed by atoms with Gasteiger partial charge in [0.2, 0.25) is 0 Å². The van der Waals surface area contributed by atoms with Gasteiger partial charge >= 0.3 is 6.18 Å². The number of alkyl halides is 3. The van der Waals surface area contributed by atoms with Crippen LogP contribution in [0.15, 0.2) is 35.5 Å². The summed E-state index contributed by atoms with van der Waals surface area (Å²) in [4.78, 5) is 8.45. The maximum atomic E-state index is 12.8. The number of benzene rings is 1. The van der Waals surface area contributed by atoms with E-state index in [-0.39, 0.29) is 6.61 Å². The number of halogens is 3. The molecule has 0 aliphatic carbocycles. The molecule has 0 aliphatic rings. The van der Waals surface area contributed by atoms with Gasteiger partial charge in [0.05, 0.1) is 23.6 Å². The minimum atomic E-state index is -4.37. The van der Waals surface area contributed by atoms with Crippen molar-refractivity contribution in [2.75, 3.05) is 5.75 Å². The molecule has 2 aromatic rings. The lowest BCUT2D eigenvalue weighted by Gasteiger charge is -2.12. The molecule has 0 saturated carbocycles. The van der Waals surface area contributed by atoms with E-state index in [4.69, 9.17) is 5.11 Å². The molecule has 0 spiro atoms. The normalized spacial score (nSPS) is 11.7. The Morgan fingerprint density at radius 1 is 1.19 bits per heavy atom. The molecule has 0 saturated heterocycles. The Morgan fingerprint density at radius 2 is 1.95 bits per heavy atom. The van der Waals surface area contributed by atoms with E-state index in [2.05, 4.69) is 9.97 Å². The van der Waals surface area contributed by atoms with Gasteiger partial charge < -0.3 is 5.11 Å². The number of nitrogens with zero attached hydrogens (tertiary/aromatic N) is 2. The molecule has 0 amide bonds. The van der Waals surface area contributed by atoms with Gasteiger partial charge in [-0.1, -0.05) is 13.0 Å². The molecular weight excluding hydrogens is 301 g/mol. The summed E-state index contributed by atoms with van der Waals surface area (Å²) < 4.78 is 38.4. The van der Waals surface area contributed by atoms with Crippen LogP contribution < -0.4 is 0 Å². The second-order valence-electron chi connectivity index (χ2n) is 4.19. The zero-order valence-corrected chi connectivity index (χ0v) is 12.0. The molecular formula is C14H13F3N2OS. The first-order chi connectivity index (χ1) is 9.95. The number of thioether (sulfide) groups is 1. The molecule has 0 radical (unpaired) electrons. The van der Waals surface area contributed by atoms with Crippen LogP contribution in [0.3, 0.4) is 0 Å². The molecule has 112 valence electrons. The van der Waals surface area contributed by atoms with Crippen LogP contribution in [0.5, 0.6) is 0 Å². The van der Waals surface area contributed by atoms with Crippen molar-refractivity contribution in [1.82, 2.24) is 9.97 Å². The van der Waals surface area contributed by atoms with Gasteiger partial charge in [0.25, 0.3) is 0 Å². The van der Waals surface area contributed by atoms with E-state index in [1.165, 1.54) is 24.2 Å². The summed E-state index contributed by atoms with van der Waals surface area (Å²) in [5, 5.41) is 9.09. The smallest absolute Gasteiger partial charge is 0.390 e. The standard InChI is InChI=1S/C14H13F3N2OS/c1-2-21-13-5-9(14(15,16)17)3-4-11(13)12-6-10(7-20)18-8-19-12/h3-6,8,20H,2,7H2,1H3. The van der Waals surface area contributed by atoms with Crippen molar-refractivity contribution in [2.45, 2.75) is 24.6 Å². The molecule has 0 unspecified atom stereocenters. The third kappa shape index (κ3) is 3.74.